The lowest BCUT2D eigenvalue weighted by molar-refractivity contribution is 0.266. The third kappa shape index (κ3) is 2.67. The van der Waals surface area contributed by atoms with E-state index < -0.39 is 0 Å². The molecule has 0 spiro atoms. The first-order valence-electron chi connectivity index (χ1n) is 4.44. The van der Waals surface area contributed by atoms with Gasteiger partial charge in [0.15, 0.2) is 0 Å². The van der Waals surface area contributed by atoms with Gasteiger partial charge in [-0.25, -0.2) is 0 Å². The van der Waals surface area contributed by atoms with E-state index in [9.17, 15) is 0 Å². The molecular formula is C11H17N. The Morgan fingerprint density at radius 2 is 1.75 bits per heavy atom. The van der Waals surface area contributed by atoms with Crippen molar-refractivity contribution in [2.24, 2.45) is 0 Å². The largest absolute Gasteiger partial charge is 0.300 e. The Balaban J connectivity index is 2.53. The van der Waals surface area contributed by atoms with Crippen LogP contribution in [0.5, 0.6) is 0 Å². The van der Waals surface area contributed by atoms with Gasteiger partial charge in [-0.2, -0.15) is 0 Å². The molecule has 0 bridgehead atoms. The lowest BCUT2D eigenvalue weighted by Crippen LogP contribution is -2.25. The van der Waals surface area contributed by atoms with Crippen molar-refractivity contribution in [3.63, 3.8) is 0 Å². The van der Waals surface area contributed by atoms with Crippen LogP contribution < -0.4 is 0 Å². The predicted octanol–water partition coefficient (Wildman–Crippen LogP) is 2.53. The van der Waals surface area contributed by atoms with Crippen molar-refractivity contribution >= 4 is 0 Å². The molecule has 0 N–H and O–H groups in total. The van der Waals surface area contributed by atoms with E-state index in [0.717, 1.165) is 6.54 Å². The van der Waals surface area contributed by atoms with Crippen molar-refractivity contribution in [1.29, 1.82) is 0 Å². The highest BCUT2D eigenvalue weighted by Gasteiger charge is 2.02. The maximum Gasteiger partial charge on any atom is 0.0233 e. The van der Waals surface area contributed by atoms with E-state index in [4.69, 9.17) is 0 Å². The summed E-state index contributed by atoms with van der Waals surface area (Å²) in [6.45, 7) is 5.46. The average molecular weight is 163 g/mol. The fraction of sp³-hybridized carbons (Fsp3) is 0.455. The zero-order valence-electron chi connectivity index (χ0n) is 8.12. The van der Waals surface area contributed by atoms with Gasteiger partial charge in [0, 0.05) is 12.6 Å². The molecule has 0 atom stereocenters. The molecule has 1 heteroatoms. The summed E-state index contributed by atoms with van der Waals surface area (Å²) in [5.74, 6) is 0. The number of benzene rings is 1. The van der Waals surface area contributed by atoms with Crippen LogP contribution in [0.25, 0.3) is 0 Å². The molecule has 66 valence electrons. The van der Waals surface area contributed by atoms with E-state index in [-0.39, 0.29) is 0 Å². The first-order chi connectivity index (χ1) is 5.70. The summed E-state index contributed by atoms with van der Waals surface area (Å²) >= 11 is 0. The third-order valence-electron chi connectivity index (χ3n) is 2.16. The first-order valence-corrected chi connectivity index (χ1v) is 4.44. The minimum absolute atomic E-state index is 0.616. The molecule has 0 fully saturated rings. The van der Waals surface area contributed by atoms with Crippen LogP contribution in [-0.2, 0) is 6.54 Å². The van der Waals surface area contributed by atoms with Gasteiger partial charge in [-0.05, 0) is 26.5 Å². The van der Waals surface area contributed by atoms with Crippen LogP contribution in [0.1, 0.15) is 19.4 Å². The molecule has 12 heavy (non-hydrogen) atoms. The van der Waals surface area contributed by atoms with E-state index in [2.05, 4.69) is 56.1 Å². The lowest BCUT2D eigenvalue weighted by atomic mass is 10.2. The Hall–Kier alpha value is -0.820. The Morgan fingerprint density at radius 3 is 2.25 bits per heavy atom. The summed E-state index contributed by atoms with van der Waals surface area (Å²) in [5, 5.41) is 0. The molecule has 1 aromatic carbocycles. The summed E-state index contributed by atoms with van der Waals surface area (Å²) in [4.78, 5) is 2.33. The molecule has 0 amide bonds. The average Bonchev–Trinajstić information content (AvgIpc) is 2.06. The maximum absolute atomic E-state index is 2.33. The summed E-state index contributed by atoms with van der Waals surface area (Å²) in [6.07, 6.45) is 0. The summed E-state index contributed by atoms with van der Waals surface area (Å²) in [6, 6.07) is 11.2. The molecule has 0 unspecified atom stereocenters. The minimum atomic E-state index is 0.616. The highest BCUT2D eigenvalue weighted by atomic mass is 15.1. The smallest absolute Gasteiger partial charge is 0.0233 e. The fourth-order valence-corrected chi connectivity index (χ4v) is 1.05. The van der Waals surface area contributed by atoms with Gasteiger partial charge in [0.2, 0.25) is 0 Å². The Kier molecular flexibility index (Phi) is 3.30. The van der Waals surface area contributed by atoms with Crippen molar-refractivity contribution < 1.29 is 0 Å². The maximum atomic E-state index is 2.33. The van der Waals surface area contributed by atoms with Crippen molar-refractivity contribution in [3.05, 3.63) is 35.9 Å². The standard InChI is InChI=1S/C11H17N/c1-10(2)12(3)9-11-7-5-4-6-8-11/h4-8,10H,9H2,1-3H3. The second-order valence-electron chi connectivity index (χ2n) is 3.49. The van der Waals surface area contributed by atoms with Crippen LogP contribution >= 0.6 is 0 Å². The molecule has 0 aliphatic rings. The Labute approximate surface area is 75.0 Å². The minimum Gasteiger partial charge on any atom is -0.300 e. The lowest BCUT2D eigenvalue weighted by Gasteiger charge is -2.20. The molecule has 0 aliphatic carbocycles. The van der Waals surface area contributed by atoms with Crippen LogP contribution in [0, 0.1) is 0 Å². The quantitative estimate of drug-likeness (QED) is 0.662. The topological polar surface area (TPSA) is 3.24 Å². The fourth-order valence-electron chi connectivity index (χ4n) is 1.05. The predicted molar refractivity (Wildman–Crippen MR) is 53.0 cm³/mol. The van der Waals surface area contributed by atoms with E-state index in [0.29, 0.717) is 6.04 Å². The van der Waals surface area contributed by atoms with Gasteiger partial charge in [-0.15, -0.1) is 0 Å². The van der Waals surface area contributed by atoms with Gasteiger partial charge >= 0.3 is 0 Å². The van der Waals surface area contributed by atoms with E-state index in [1.165, 1.54) is 5.56 Å². The zero-order chi connectivity index (χ0) is 8.97. The first kappa shape index (κ1) is 9.27. The Bertz CT molecular complexity index is 216. The normalized spacial score (nSPS) is 11.1. The highest BCUT2D eigenvalue weighted by molar-refractivity contribution is 5.14. The summed E-state index contributed by atoms with van der Waals surface area (Å²) in [5.41, 5.74) is 1.38. The van der Waals surface area contributed by atoms with Crippen LogP contribution in [0.3, 0.4) is 0 Å². The monoisotopic (exact) mass is 163 g/mol. The van der Waals surface area contributed by atoms with E-state index in [1.807, 2.05) is 0 Å². The molecule has 0 aromatic heterocycles. The molecule has 0 saturated carbocycles. The molecule has 0 radical (unpaired) electrons. The molecular weight excluding hydrogens is 146 g/mol. The second kappa shape index (κ2) is 4.27. The van der Waals surface area contributed by atoms with Crippen LogP contribution in [0.2, 0.25) is 0 Å². The number of rotatable bonds is 3. The highest BCUT2D eigenvalue weighted by Crippen LogP contribution is 2.04. The second-order valence-corrected chi connectivity index (χ2v) is 3.49. The number of hydrogen-bond donors (Lipinski definition) is 0. The molecule has 1 nitrogen and oxygen atoms in total. The molecule has 0 aliphatic heterocycles. The number of nitrogens with zero attached hydrogens (tertiary/aromatic N) is 1. The molecule has 1 aromatic rings. The summed E-state index contributed by atoms with van der Waals surface area (Å²) in [7, 11) is 2.15. The van der Waals surface area contributed by atoms with Crippen molar-refractivity contribution in [3.8, 4) is 0 Å². The van der Waals surface area contributed by atoms with Crippen LogP contribution in [-0.4, -0.2) is 18.0 Å². The van der Waals surface area contributed by atoms with Crippen LogP contribution in [0.4, 0.5) is 0 Å². The van der Waals surface area contributed by atoms with Gasteiger partial charge in [-0.1, -0.05) is 30.3 Å². The van der Waals surface area contributed by atoms with Crippen LogP contribution in [0.15, 0.2) is 30.3 Å². The van der Waals surface area contributed by atoms with Crippen molar-refractivity contribution in [2.75, 3.05) is 7.05 Å². The third-order valence-corrected chi connectivity index (χ3v) is 2.16. The van der Waals surface area contributed by atoms with Gasteiger partial charge in [0.25, 0.3) is 0 Å². The molecule has 0 heterocycles. The summed E-state index contributed by atoms with van der Waals surface area (Å²) < 4.78 is 0. The SMILES string of the molecule is CC(C)N(C)Cc1ccccc1. The van der Waals surface area contributed by atoms with Gasteiger partial charge < -0.3 is 0 Å². The number of hydrogen-bond acceptors (Lipinski definition) is 1. The van der Waals surface area contributed by atoms with Crippen molar-refractivity contribution in [2.45, 2.75) is 26.4 Å². The van der Waals surface area contributed by atoms with Gasteiger partial charge in [0.05, 0.1) is 0 Å². The van der Waals surface area contributed by atoms with Gasteiger partial charge in [0.1, 0.15) is 0 Å². The molecule has 1 rings (SSSR count). The van der Waals surface area contributed by atoms with Gasteiger partial charge in [-0.3, -0.25) is 4.90 Å². The zero-order valence-corrected chi connectivity index (χ0v) is 8.12. The Morgan fingerprint density at radius 1 is 1.17 bits per heavy atom. The van der Waals surface area contributed by atoms with E-state index >= 15 is 0 Å². The molecule has 0 saturated heterocycles. The van der Waals surface area contributed by atoms with E-state index in [1.54, 1.807) is 0 Å². The van der Waals surface area contributed by atoms with Crippen molar-refractivity contribution in [1.82, 2.24) is 4.90 Å².